The lowest BCUT2D eigenvalue weighted by atomic mass is 10.2. The van der Waals surface area contributed by atoms with E-state index in [0.29, 0.717) is 6.07 Å². The van der Waals surface area contributed by atoms with Crippen molar-refractivity contribution in [2.75, 3.05) is 0 Å². The summed E-state index contributed by atoms with van der Waals surface area (Å²) in [5, 5.41) is 17.5. The minimum Gasteiger partial charge on any atom is -0.507 e. The molecule has 84 valence electrons. The van der Waals surface area contributed by atoms with Gasteiger partial charge in [-0.2, -0.15) is 8.42 Å². The van der Waals surface area contributed by atoms with Crippen LogP contribution in [0.3, 0.4) is 0 Å². The van der Waals surface area contributed by atoms with E-state index in [9.17, 15) is 13.2 Å². The molecule has 0 unspecified atom stereocenters. The second kappa shape index (κ2) is 4.26. The summed E-state index contributed by atoms with van der Waals surface area (Å²) in [6.07, 6.45) is 0. The lowest BCUT2D eigenvalue weighted by Gasteiger charge is -2.01. The second-order valence-electron chi connectivity index (χ2n) is 2.46. The van der Waals surface area contributed by atoms with E-state index >= 15 is 0 Å². The molecule has 8 heteroatoms. The number of rotatable bonds is 2. The molecule has 0 atom stereocenters. The molecule has 0 saturated carbocycles. The summed E-state index contributed by atoms with van der Waals surface area (Å²) >= 11 is 0. The summed E-state index contributed by atoms with van der Waals surface area (Å²) < 4.78 is 29.8. The Kier molecular flexibility index (Phi) is 3.79. The molecule has 0 radical (unpaired) electrons. The molecule has 5 N–H and O–H groups in total. The van der Waals surface area contributed by atoms with Crippen molar-refractivity contribution >= 4 is 16.1 Å². The quantitative estimate of drug-likeness (QED) is 0.591. The average Bonchev–Trinajstić information content (AvgIpc) is 2.02. The molecule has 1 aromatic rings. The third kappa shape index (κ3) is 2.91. The Bertz CT molecular complexity index is 476. The number of aromatic carboxylic acids is 1. The highest BCUT2D eigenvalue weighted by Gasteiger charge is 2.15. The van der Waals surface area contributed by atoms with Gasteiger partial charge in [-0.1, -0.05) is 0 Å². The van der Waals surface area contributed by atoms with Crippen molar-refractivity contribution in [2.45, 2.75) is 4.90 Å². The van der Waals surface area contributed by atoms with Crippen LogP contribution in [0.2, 0.25) is 0 Å². The minimum absolute atomic E-state index is 0. The van der Waals surface area contributed by atoms with Gasteiger partial charge in [-0.25, -0.2) is 4.79 Å². The van der Waals surface area contributed by atoms with Crippen LogP contribution in [-0.2, 0) is 10.1 Å². The van der Waals surface area contributed by atoms with Crippen LogP contribution >= 0.6 is 0 Å². The van der Waals surface area contributed by atoms with Gasteiger partial charge in [-0.3, -0.25) is 4.55 Å². The summed E-state index contributed by atoms with van der Waals surface area (Å²) in [5.74, 6) is -2.04. The first kappa shape index (κ1) is 13.4. The van der Waals surface area contributed by atoms with Gasteiger partial charge in [0.1, 0.15) is 11.3 Å². The number of hydrogen-bond donors (Lipinski definition) is 3. The summed E-state index contributed by atoms with van der Waals surface area (Å²) in [4.78, 5) is 9.89. The van der Waals surface area contributed by atoms with E-state index in [-0.39, 0.29) is 5.48 Å². The molecule has 1 rings (SSSR count). The molecule has 1 aromatic carbocycles. The summed E-state index contributed by atoms with van der Waals surface area (Å²) in [7, 11) is -4.45. The van der Waals surface area contributed by atoms with Gasteiger partial charge in [0.25, 0.3) is 10.1 Å². The number of phenols is 1. The molecule has 0 aliphatic heterocycles. The standard InChI is InChI=1S/C7H6O6S.H2O/c8-6-2-1-4(14(11,12)13)3-5(6)7(9)10;/h1-3,8H,(H,9,10)(H,11,12,13);1H2. The van der Waals surface area contributed by atoms with Gasteiger partial charge in [-0.05, 0) is 18.2 Å². The third-order valence-electron chi connectivity index (χ3n) is 1.50. The Balaban J connectivity index is 0.00000196. The first-order valence-electron chi connectivity index (χ1n) is 3.36. The first-order valence-corrected chi connectivity index (χ1v) is 4.80. The van der Waals surface area contributed by atoms with Gasteiger partial charge >= 0.3 is 5.97 Å². The van der Waals surface area contributed by atoms with Crippen LogP contribution in [0.5, 0.6) is 5.75 Å². The van der Waals surface area contributed by atoms with Crippen molar-refractivity contribution in [2.24, 2.45) is 0 Å². The molecular weight excluding hydrogens is 228 g/mol. The molecule has 0 fully saturated rings. The maximum atomic E-state index is 10.6. The Labute approximate surface area is 84.7 Å². The van der Waals surface area contributed by atoms with Crippen molar-refractivity contribution in [1.29, 1.82) is 0 Å². The molecule has 15 heavy (non-hydrogen) atoms. The van der Waals surface area contributed by atoms with E-state index in [1.807, 2.05) is 0 Å². The van der Waals surface area contributed by atoms with Gasteiger partial charge in [0, 0.05) is 0 Å². The van der Waals surface area contributed by atoms with E-state index < -0.39 is 32.3 Å². The smallest absolute Gasteiger partial charge is 0.339 e. The molecular formula is C7H8O7S. The Morgan fingerprint density at radius 1 is 1.27 bits per heavy atom. The predicted octanol–water partition coefficient (Wildman–Crippen LogP) is -0.488. The predicted molar refractivity (Wildman–Crippen MR) is 48.5 cm³/mol. The molecule has 0 heterocycles. The third-order valence-corrected chi connectivity index (χ3v) is 2.35. The highest BCUT2D eigenvalue weighted by molar-refractivity contribution is 7.85. The zero-order valence-electron chi connectivity index (χ0n) is 7.21. The normalized spacial score (nSPS) is 10.5. The summed E-state index contributed by atoms with van der Waals surface area (Å²) in [6, 6.07) is 2.46. The molecule has 0 spiro atoms. The number of aromatic hydroxyl groups is 1. The first-order chi connectivity index (χ1) is 6.32. The zero-order chi connectivity index (χ0) is 10.9. The van der Waals surface area contributed by atoms with Crippen molar-refractivity contribution in [3.8, 4) is 5.75 Å². The van der Waals surface area contributed by atoms with Crippen LogP contribution in [0.25, 0.3) is 0 Å². The van der Waals surface area contributed by atoms with E-state index in [2.05, 4.69) is 0 Å². The van der Waals surface area contributed by atoms with Gasteiger partial charge < -0.3 is 15.7 Å². The van der Waals surface area contributed by atoms with Gasteiger partial charge in [0.05, 0.1) is 4.90 Å². The van der Waals surface area contributed by atoms with Gasteiger partial charge in [-0.15, -0.1) is 0 Å². The van der Waals surface area contributed by atoms with E-state index in [1.165, 1.54) is 0 Å². The second-order valence-corrected chi connectivity index (χ2v) is 3.88. The maximum Gasteiger partial charge on any atom is 0.339 e. The number of carbonyl (C=O) groups is 1. The SMILES string of the molecule is O.O=C(O)c1cc(S(=O)(=O)O)ccc1O. The fourth-order valence-corrected chi connectivity index (χ4v) is 1.35. The molecule has 0 aliphatic carbocycles. The van der Waals surface area contributed by atoms with Gasteiger partial charge in [0.2, 0.25) is 0 Å². The van der Waals surface area contributed by atoms with E-state index in [1.54, 1.807) is 0 Å². The van der Waals surface area contributed by atoms with Crippen LogP contribution in [0.15, 0.2) is 23.1 Å². The largest absolute Gasteiger partial charge is 0.507 e. The van der Waals surface area contributed by atoms with Crippen LogP contribution < -0.4 is 0 Å². The van der Waals surface area contributed by atoms with E-state index in [4.69, 9.17) is 14.8 Å². The van der Waals surface area contributed by atoms with Crippen LogP contribution in [0, 0.1) is 0 Å². The van der Waals surface area contributed by atoms with E-state index in [0.717, 1.165) is 12.1 Å². The van der Waals surface area contributed by atoms with Crippen molar-refractivity contribution in [3.05, 3.63) is 23.8 Å². The Hall–Kier alpha value is -1.64. The van der Waals surface area contributed by atoms with Crippen molar-refractivity contribution in [1.82, 2.24) is 0 Å². The molecule has 0 saturated heterocycles. The summed E-state index contributed by atoms with van der Waals surface area (Å²) in [6.45, 7) is 0. The lowest BCUT2D eigenvalue weighted by Crippen LogP contribution is -2.02. The number of benzene rings is 1. The highest BCUT2D eigenvalue weighted by atomic mass is 32.2. The lowest BCUT2D eigenvalue weighted by molar-refractivity contribution is 0.0693. The molecule has 7 nitrogen and oxygen atoms in total. The molecule has 0 aliphatic rings. The van der Waals surface area contributed by atoms with Crippen molar-refractivity contribution < 1.29 is 33.5 Å². The Morgan fingerprint density at radius 2 is 1.80 bits per heavy atom. The maximum absolute atomic E-state index is 10.6. The fourth-order valence-electron chi connectivity index (χ4n) is 0.847. The number of carboxylic acids is 1. The Morgan fingerprint density at radius 3 is 2.20 bits per heavy atom. The van der Waals surface area contributed by atoms with Crippen LogP contribution in [0.1, 0.15) is 10.4 Å². The summed E-state index contributed by atoms with van der Waals surface area (Å²) in [5.41, 5.74) is -0.583. The fraction of sp³-hybridized carbons (Fsp3) is 0. The highest BCUT2D eigenvalue weighted by Crippen LogP contribution is 2.20. The molecule has 0 aromatic heterocycles. The zero-order valence-corrected chi connectivity index (χ0v) is 8.02. The average molecular weight is 236 g/mol. The number of hydrogen-bond acceptors (Lipinski definition) is 4. The molecule has 0 bridgehead atoms. The van der Waals surface area contributed by atoms with Crippen molar-refractivity contribution in [3.63, 3.8) is 0 Å². The topological polar surface area (TPSA) is 143 Å². The minimum atomic E-state index is -4.45. The number of carboxylic acid groups (broad SMARTS) is 1. The molecule has 0 amide bonds. The van der Waals surface area contributed by atoms with Gasteiger partial charge in [0.15, 0.2) is 0 Å². The van der Waals surface area contributed by atoms with Crippen LogP contribution in [-0.4, -0.2) is 34.6 Å². The van der Waals surface area contributed by atoms with Crippen LogP contribution in [0.4, 0.5) is 0 Å². The monoisotopic (exact) mass is 236 g/mol.